The van der Waals surface area contributed by atoms with Crippen LogP contribution in [0.4, 0.5) is 0 Å². The van der Waals surface area contributed by atoms with Crippen LogP contribution in [0.2, 0.25) is 0 Å². The molecule has 0 radical (unpaired) electrons. The van der Waals surface area contributed by atoms with Crippen LogP contribution in [-0.2, 0) is 0 Å². The van der Waals surface area contributed by atoms with E-state index >= 15 is 0 Å². The number of benzene rings is 1. The topological polar surface area (TPSA) is 71.3 Å². The van der Waals surface area contributed by atoms with Crippen LogP contribution in [0.15, 0.2) is 63.8 Å². The molecule has 1 unspecified atom stereocenters. The first-order valence-electron chi connectivity index (χ1n) is 8.13. The molecule has 26 heavy (non-hydrogen) atoms. The van der Waals surface area contributed by atoms with Gasteiger partial charge in [0.05, 0.1) is 17.4 Å². The number of hydrogen-bond acceptors (Lipinski definition) is 6. The number of hydrogen-bond donors (Lipinski definition) is 0. The summed E-state index contributed by atoms with van der Waals surface area (Å²) >= 11 is 1.54. The van der Waals surface area contributed by atoms with Gasteiger partial charge >= 0.3 is 0 Å². The lowest BCUT2D eigenvalue weighted by molar-refractivity contribution is -0.494. The zero-order valence-electron chi connectivity index (χ0n) is 13.9. The molecule has 3 aromatic heterocycles. The van der Waals surface area contributed by atoms with Gasteiger partial charge in [0.1, 0.15) is 5.92 Å². The van der Waals surface area contributed by atoms with E-state index < -0.39 is 0 Å². The van der Waals surface area contributed by atoms with Crippen molar-refractivity contribution in [2.75, 3.05) is 7.05 Å². The quantitative estimate of drug-likeness (QED) is 0.525. The van der Waals surface area contributed by atoms with Gasteiger partial charge in [-0.15, -0.1) is 10.2 Å². The second kappa shape index (κ2) is 5.99. The molecule has 8 heteroatoms. The minimum atomic E-state index is 0.0661. The van der Waals surface area contributed by atoms with Crippen molar-refractivity contribution in [3.63, 3.8) is 0 Å². The number of aromatic nitrogens is 5. The van der Waals surface area contributed by atoms with E-state index in [1.165, 1.54) is 11.8 Å². The number of pyridine rings is 1. The molecule has 5 rings (SSSR count). The third-order valence-corrected chi connectivity index (χ3v) is 5.09. The Morgan fingerprint density at radius 1 is 1.12 bits per heavy atom. The van der Waals surface area contributed by atoms with Crippen LogP contribution < -0.4 is 0 Å². The van der Waals surface area contributed by atoms with E-state index in [0.29, 0.717) is 0 Å². The number of nitrogens with zero attached hydrogens (tertiary/aromatic N) is 7. The molecule has 7 nitrogen and oxygen atoms in total. The van der Waals surface area contributed by atoms with E-state index in [1.54, 1.807) is 15.4 Å². The van der Waals surface area contributed by atoms with Crippen LogP contribution in [0, 0.1) is 0 Å². The Hall–Kier alpha value is -3.13. The maximum Gasteiger partial charge on any atom is 0.217 e. The summed E-state index contributed by atoms with van der Waals surface area (Å²) in [6.45, 7) is 0. The number of hydrazone groups is 1. The molecule has 0 bridgehead atoms. The molecule has 0 N–H and O–H groups in total. The molecule has 0 fully saturated rings. The summed E-state index contributed by atoms with van der Waals surface area (Å²) in [6.07, 6.45) is 5.69. The van der Waals surface area contributed by atoms with E-state index in [4.69, 9.17) is 5.10 Å². The zero-order chi connectivity index (χ0) is 17.5. The number of rotatable bonds is 3. The highest BCUT2D eigenvalue weighted by Crippen LogP contribution is 2.28. The van der Waals surface area contributed by atoms with E-state index in [2.05, 4.69) is 32.4 Å². The highest BCUT2D eigenvalue weighted by molar-refractivity contribution is 7.99. The van der Waals surface area contributed by atoms with Crippen LogP contribution in [-0.4, -0.2) is 49.0 Å². The highest BCUT2D eigenvalue weighted by atomic mass is 32.2. The summed E-state index contributed by atoms with van der Waals surface area (Å²) in [5.74, 6) is 0.0661. The lowest BCUT2D eigenvalue weighted by Crippen LogP contribution is -2.07. The first kappa shape index (κ1) is 15.2. The average Bonchev–Trinajstić information content (AvgIpc) is 3.28. The Kier molecular flexibility index (Phi) is 3.49. The lowest BCUT2D eigenvalue weighted by atomic mass is 10.1. The summed E-state index contributed by atoms with van der Waals surface area (Å²) in [5, 5.41) is 19.3. The first-order chi connectivity index (χ1) is 12.8. The highest BCUT2D eigenvalue weighted by Gasteiger charge is 2.20. The number of fused-ring (bicyclic) bond motifs is 2. The SMILES string of the molecule is C[N+]1=CC(c2ccc3nnc(Sc4ccc5ncccc5c4)n3n2)C=N1. The standard InChI is InChI=1S/C18H14N7S/c1-24-11-13(10-20-24)16-6-7-17-21-22-18(25(17)23-16)26-14-4-5-15-12(9-14)3-2-8-19-15/h2-11,13H,1H3/q+1. The molecule has 1 atom stereocenters. The predicted molar refractivity (Wildman–Crippen MR) is 100 cm³/mol. The summed E-state index contributed by atoms with van der Waals surface area (Å²) < 4.78 is 3.58. The van der Waals surface area contributed by atoms with Gasteiger partial charge in [-0.2, -0.15) is 9.61 Å². The predicted octanol–water partition coefficient (Wildman–Crippen LogP) is 2.62. The Morgan fingerprint density at radius 3 is 2.96 bits per heavy atom. The van der Waals surface area contributed by atoms with Gasteiger partial charge in [0.25, 0.3) is 0 Å². The average molecular weight is 360 g/mol. The fourth-order valence-electron chi connectivity index (χ4n) is 2.89. The van der Waals surface area contributed by atoms with Gasteiger partial charge < -0.3 is 0 Å². The van der Waals surface area contributed by atoms with E-state index in [1.807, 2.05) is 49.8 Å². The minimum absolute atomic E-state index is 0.0661. The monoisotopic (exact) mass is 360 g/mol. The molecule has 1 aliphatic rings. The van der Waals surface area contributed by atoms with E-state index in [-0.39, 0.29) is 5.92 Å². The van der Waals surface area contributed by atoms with Crippen LogP contribution in [0.1, 0.15) is 11.6 Å². The van der Waals surface area contributed by atoms with Gasteiger partial charge in [-0.05, 0) is 53.3 Å². The molecule has 4 heterocycles. The summed E-state index contributed by atoms with van der Waals surface area (Å²) in [6, 6.07) is 14.0. The molecule has 0 spiro atoms. The molecule has 0 amide bonds. The second-order valence-corrected chi connectivity index (χ2v) is 7.02. The second-order valence-electron chi connectivity index (χ2n) is 5.98. The molecule has 126 valence electrons. The van der Waals surface area contributed by atoms with Gasteiger partial charge in [0.2, 0.25) is 5.16 Å². The van der Waals surface area contributed by atoms with Crippen LogP contribution in [0.5, 0.6) is 0 Å². The fraction of sp³-hybridized carbons (Fsp3) is 0.111. The lowest BCUT2D eigenvalue weighted by Gasteiger charge is -2.04. The largest absolute Gasteiger partial charge is 0.256 e. The first-order valence-corrected chi connectivity index (χ1v) is 8.95. The maximum atomic E-state index is 4.72. The van der Waals surface area contributed by atoms with Gasteiger partial charge in [-0.25, -0.2) is 0 Å². The van der Waals surface area contributed by atoms with Gasteiger partial charge in [0.15, 0.2) is 18.9 Å². The van der Waals surface area contributed by atoms with Crippen molar-refractivity contribution >= 4 is 40.7 Å². The van der Waals surface area contributed by atoms with Crippen molar-refractivity contribution < 1.29 is 4.68 Å². The Morgan fingerprint density at radius 2 is 2.08 bits per heavy atom. The van der Waals surface area contributed by atoms with Crippen molar-refractivity contribution in [3.8, 4) is 0 Å². The van der Waals surface area contributed by atoms with Crippen LogP contribution >= 0.6 is 11.8 Å². The summed E-state index contributed by atoms with van der Waals surface area (Å²) in [5.41, 5.74) is 2.61. The van der Waals surface area contributed by atoms with Gasteiger partial charge in [0, 0.05) is 16.5 Å². The fourth-order valence-corrected chi connectivity index (χ4v) is 3.72. The van der Waals surface area contributed by atoms with Gasteiger partial charge in [-0.1, -0.05) is 10.8 Å². The Bertz CT molecular complexity index is 1190. The molecule has 0 saturated heterocycles. The molecule has 0 aliphatic carbocycles. The molecule has 4 aromatic rings. The van der Waals surface area contributed by atoms with Crippen LogP contribution in [0.3, 0.4) is 0 Å². The maximum absolute atomic E-state index is 4.72. The van der Waals surface area contributed by atoms with E-state index in [0.717, 1.165) is 32.3 Å². The van der Waals surface area contributed by atoms with Crippen molar-refractivity contribution in [1.82, 2.24) is 24.8 Å². The minimum Gasteiger partial charge on any atom is -0.256 e. The summed E-state index contributed by atoms with van der Waals surface area (Å²) in [4.78, 5) is 5.43. The van der Waals surface area contributed by atoms with Crippen molar-refractivity contribution in [2.45, 2.75) is 16.0 Å². The molecular formula is C18H14N7S+. The van der Waals surface area contributed by atoms with Crippen LogP contribution in [0.25, 0.3) is 16.6 Å². The summed E-state index contributed by atoms with van der Waals surface area (Å²) in [7, 11) is 1.91. The van der Waals surface area contributed by atoms with Crippen molar-refractivity contribution in [1.29, 1.82) is 0 Å². The van der Waals surface area contributed by atoms with E-state index in [9.17, 15) is 0 Å². The van der Waals surface area contributed by atoms with Crippen molar-refractivity contribution in [2.24, 2.45) is 5.10 Å². The molecule has 1 aliphatic heterocycles. The van der Waals surface area contributed by atoms with Crippen molar-refractivity contribution in [3.05, 3.63) is 54.4 Å². The molecular weight excluding hydrogens is 346 g/mol. The molecule has 1 aromatic carbocycles. The zero-order valence-corrected chi connectivity index (χ0v) is 14.7. The normalized spacial score (nSPS) is 16.5. The third-order valence-electron chi connectivity index (χ3n) is 4.17. The Labute approximate surface area is 153 Å². The third kappa shape index (κ3) is 2.64. The molecule has 0 saturated carbocycles. The van der Waals surface area contributed by atoms with Gasteiger partial charge in [-0.3, -0.25) is 4.98 Å². The Balaban J connectivity index is 1.52. The smallest absolute Gasteiger partial charge is 0.217 e.